The SMILES string of the molecule is C[C@@H](O)[C@H]1[C@@H](CO)ON(Cc2cccc(CCCCl)c2)[C@H]1C(=O)NCCCN(C)c1ccccc1. The van der Waals surface area contributed by atoms with Crippen LogP contribution in [-0.4, -0.2) is 72.1 Å². The largest absolute Gasteiger partial charge is 0.394 e. The van der Waals surface area contributed by atoms with E-state index in [4.69, 9.17) is 16.4 Å². The van der Waals surface area contributed by atoms with Crippen molar-refractivity contribution in [2.75, 3.05) is 37.5 Å². The van der Waals surface area contributed by atoms with Crippen molar-refractivity contribution in [1.82, 2.24) is 10.4 Å². The minimum absolute atomic E-state index is 0.201. The summed E-state index contributed by atoms with van der Waals surface area (Å²) in [4.78, 5) is 21.4. The quantitative estimate of drug-likeness (QED) is 0.288. The van der Waals surface area contributed by atoms with Crippen LogP contribution in [0.15, 0.2) is 54.6 Å². The Labute approximate surface area is 213 Å². The van der Waals surface area contributed by atoms with E-state index < -0.39 is 24.2 Å². The van der Waals surface area contributed by atoms with E-state index >= 15 is 0 Å². The van der Waals surface area contributed by atoms with Crippen LogP contribution in [0, 0.1) is 5.92 Å². The number of benzene rings is 2. The summed E-state index contributed by atoms with van der Waals surface area (Å²) in [6.07, 6.45) is 1.10. The number of aryl methyl sites for hydroxylation is 1. The van der Waals surface area contributed by atoms with Crippen molar-refractivity contribution in [3.05, 3.63) is 65.7 Å². The summed E-state index contributed by atoms with van der Waals surface area (Å²) < 4.78 is 0. The molecule has 0 aliphatic carbocycles. The summed E-state index contributed by atoms with van der Waals surface area (Å²) in [5, 5.41) is 25.0. The molecule has 7 nitrogen and oxygen atoms in total. The van der Waals surface area contributed by atoms with Crippen LogP contribution in [0.1, 0.15) is 30.9 Å². The number of anilines is 1. The van der Waals surface area contributed by atoms with Crippen LogP contribution in [0.3, 0.4) is 0 Å². The van der Waals surface area contributed by atoms with Crippen LogP contribution in [0.25, 0.3) is 0 Å². The normalized spacial score (nSPS) is 21.1. The van der Waals surface area contributed by atoms with Crippen LogP contribution < -0.4 is 10.2 Å². The van der Waals surface area contributed by atoms with Crippen LogP contribution in [0.5, 0.6) is 0 Å². The number of amides is 1. The van der Waals surface area contributed by atoms with Crippen molar-refractivity contribution < 1.29 is 19.8 Å². The van der Waals surface area contributed by atoms with E-state index in [0.29, 0.717) is 19.0 Å². The Kier molecular flexibility index (Phi) is 10.8. The van der Waals surface area contributed by atoms with E-state index in [-0.39, 0.29) is 12.5 Å². The molecule has 1 amide bonds. The number of alkyl halides is 1. The molecule has 0 saturated carbocycles. The van der Waals surface area contributed by atoms with Crippen LogP contribution >= 0.6 is 11.6 Å². The molecular weight excluding hydrogens is 466 g/mol. The Balaban J connectivity index is 1.64. The molecule has 0 radical (unpaired) electrons. The fourth-order valence-electron chi connectivity index (χ4n) is 4.65. The molecule has 0 aromatic heterocycles. The molecule has 2 aromatic carbocycles. The second-order valence-electron chi connectivity index (χ2n) is 9.18. The lowest BCUT2D eigenvalue weighted by molar-refractivity contribution is -0.181. The zero-order valence-corrected chi connectivity index (χ0v) is 21.4. The third-order valence-corrected chi connectivity index (χ3v) is 6.74. The number of para-hydroxylation sites is 1. The first-order valence-corrected chi connectivity index (χ1v) is 12.9. The first-order valence-electron chi connectivity index (χ1n) is 12.3. The third kappa shape index (κ3) is 7.66. The second-order valence-corrected chi connectivity index (χ2v) is 9.56. The highest BCUT2D eigenvalue weighted by molar-refractivity contribution is 6.17. The Morgan fingerprint density at radius 2 is 1.91 bits per heavy atom. The van der Waals surface area contributed by atoms with Gasteiger partial charge < -0.3 is 20.4 Å². The minimum atomic E-state index is -0.813. The summed E-state index contributed by atoms with van der Waals surface area (Å²) in [7, 11) is 2.03. The molecule has 192 valence electrons. The molecule has 8 heteroatoms. The van der Waals surface area contributed by atoms with Gasteiger partial charge in [0.2, 0.25) is 5.91 Å². The fourth-order valence-corrected chi connectivity index (χ4v) is 4.79. The van der Waals surface area contributed by atoms with Gasteiger partial charge in [-0.3, -0.25) is 9.63 Å². The molecule has 0 unspecified atom stereocenters. The number of hydrogen-bond acceptors (Lipinski definition) is 6. The lowest BCUT2D eigenvalue weighted by Gasteiger charge is -2.27. The van der Waals surface area contributed by atoms with E-state index in [1.807, 2.05) is 37.4 Å². The predicted octanol–water partition coefficient (Wildman–Crippen LogP) is 2.97. The molecule has 35 heavy (non-hydrogen) atoms. The van der Waals surface area contributed by atoms with E-state index in [9.17, 15) is 15.0 Å². The van der Waals surface area contributed by atoms with Crippen LogP contribution in [0.2, 0.25) is 0 Å². The van der Waals surface area contributed by atoms with Crippen molar-refractivity contribution in [3.8, 4) is 0 Å². The highest BCUT2D eigenvalue weighted by Crippen LogP contribution is 2.32. The molecule has 2 aromatic rings. The van der Waals surface area contributed by atoms with E-state index in [0.717, 1.165) is 37.1 Å². The molecule has 0 bridgehead atoms. The van der Waals surface area contributed by atoms with E-state index in [2.05, 4.69) is 34.5 Å². The molecule has 1 saturated heterocycles. The van der Waals surface area contributed by atoms with Crippen molar-refractivity contribution in [1.29, 1.82) is 0 Å². The maximum Gasteiger partial charge on any atom is 0.240 e. The van der Waals surface area contributed by atoms with Gasteiger partial charge >= 0.3 is 0 Å². The Hall–Kier alpha value is -2.16. The number of aliphatic hydroxyl groups excluding tert-OH is 2. The average Bonchev–Trinajstić information content (AvgIpc) is 3.24. The van der Waals surface area contributed by atoms with Crippen molar-refractivity contribution in [2.45, 2.75) is 51.0 Å². The summed E-state index contributed by atoms with van der Waals surface area (Å²) in [6, 6.07) is 17.5. The topological polar surface area (TPSA) is 85.3 Å². The molecule has 1 aliphatic heterocycles. The molecule has 3 rings (SSSR count). The minimum Gasteiger partial charge on any atom is -0.394 e. The summed E-state index contributed by atoms with van der Waals surface area (Å²) in [5.41, 5.74) is 3.31. The van der Waals surface area contributed by atoms with Gasteiger partial charge in [0.05, 0.1) is 19.3 Å². The zero-order chi connectivity index (χ0) is 25.2. The van der Waals surface area contributed by atoms with Crippen molar-refractivity contribution >= 4 is 23.2 Å². The Morgan fingerprint density at radius 3 is 2.60 bits per heavy atom. The van der Waals surface area contributed by atoms with Gasteiger partial charge in [-0.25, -0.2) is 0 Å². The number of hydrogen-bond donors (Lipinski definition) is 3. The number of carbonyl (C=O) groups is 1. The van der Waals surface area contributed by atoms with Crippen molar-refractivity contribution in [2.24, 2.45) is 5.92 Å². The number of nitrogens with one attached hydrogen (secondary N) is 1. The fraction of sp³-hybridized carbons (Fsp3) is 0.519. The number of aliphatic hydroxyl groups is 2. The second kappa shape index (κ2) is 13.8. The lowest BCUT2D eigenvalue weighted by Crippen LogP contribution is -2.49. The first-order chi connectivity index (χ1) is 16.9. The van der Waals surface area contributed by atoms with Gasteiger partial charge in [0.1, 0.15) is 12.1 Å². The molecule has 4 atom stereocenters. The average molecular weight is 504 g/mol. The highest BCUT2D eigenvalue weighted by Gasteiger charge is 2.49. The van der Waals surface area contributed by atoms with Crippen molar-refractivity contribution in [3.63, 3.8) is 0 Å². The smallest absolute Gasteiger partial charge is 0.240 e. The Morgan fingerprint density at radius 1 is 1.17 bits per heavy atom. The number of halogens is 1. The highest BCUT2D eigenvalue weighted by atomic mass is 35.5. The van der Waals surface area contributed by atoms with E-state index in [1.165, 1.54) is 5.56 Å². The first kappa shape index (κ1) is 27.4. The van der Waals surface area contributed by atoms with Crippen LogP contribution in [-0.2, 0) is 22.6 Å². The number of nitrogens with zero attached hydrogens (tertiary/aromatic N) is 2. The molecule has 3 N–H and O–H groups in total. The standard InChI is InChI=1S/C27H38ClN3O4/c1-20(33)25-24(19-32)35-31(18-22-10-6-9-21(17-22)11-7-14-28)26(25)27(34)29-15-8-16-30(2)23-12-4-3-5-13-23/h3-6,9-10,12-13,17,20,24-26,32-33H,7-8,11,14-16,18-19H2,1-2H3,(H,29,34)/t20-,24-,25+,26-/m1/s1. The molecule has 1 heterocycles. The maximum absolute atomic E-state index is 13.3. The molecule has 1 aliphatic rings. The lowest BCUT2D eigenvalue weighted by atomic mass is 9.89. The number of rotatable bonds is 13. The van der Waals surface area contributed by atoms with Gasteiger partial charge in [0.15, 0.2) is 0 Å². The summed E-state index contributed by atoms with van der Waals surface area (Å²) >= 11 is 5.84. The van der Waals surface area contributed by atoms with Gasteiger partial charge in [0.25, 0.3) is 0 Å². The third-order valence-electron chi connectivity index (χ3n) is 6.48. The van der Waals surface area contributed by atoms with Crippen LogP contribution in [0.4, 0.5) is 5.69 Å². The Bertz CT molecular complexity index is 914. The van der Waals surface area contributed by atoms with E-state index in [1.54, 1.807) is 12.0 Å². The predicted molar refractivity (Wildman–Crippen MR) is 139 cm³/mol. The molecule has 0 spiro atoms. The number of carbonyl (C=O) groups excluding carboxylic acids is 1. The van der Waals surface area contributed by atoms with Gasteiger partial charge in [-0.2, -0.15) is 5.06 Å². The number of hydroxylamine groups is 2. The van der Waals surface area contributed by atoms with Gasteiger partial charge in [-0.15, -0.1) is 11.6 Å². The van der Waals surface area contributed by atoms with Gasteiger partial charge in [-0.05, 0) is 49.4 Å². The molecule has 1 fully saturated rings. The summed E-state index contributed by atoms with van der Waals surface area (Å²) in [5.74, 6) is -0.129. The monoisotopic (exact) mass is 503 g/mol. The molecular formula is C27H38ClN3O4. The zero-order valence-electron chi connectivity index (χ0n) is 20.6. The maximum atomic E-state index is 13.3. The summed E-state index contributed by atoms with van der Waals surface area (Å²) in [6.45, 7) is 3.05. The van der Waals surface area contributed by atoms with Gasteiger partial charge in [-0.1, -0.05) is 42.5 Å². The van der Waals surface area contributed by atoms with Gasteiger partial charge in [0, 0.05) is 37.6 Å².